The molecule has 24 heavy (non-hydrogen) atoms. The Balaban J connectivity index is 1.91. The molecule has 6 heteroatoms. The molecule has 1 amide bonds. The summed E-state index contributed by atoms with van der Waals surface area (Å²) < 4.78 is 25.4. The molecular weight excluding hydrogens is 324 g/mol. The van der Waals surface area contributed by atoms with Gasteiger partial charge in [0.05, 0.1) is 5.75 Å². The van der Waals surface area contributed by atoms with Crippen molar-refractivity contribution in [2.24, 2.45) is 11.8 Å². The van der Waals surface area contributed by atoms with Gasteiger partial charge in [-0.05, 0) is 38.5 Å². The average Bonchev–Trinajstić information content (AvgIpc) is 2.62. The molecule has 0 aromatic carbocycles. The number of carbonyl (C=O) groups is 1. The second kappa shape index (κ2) is 8.99. The summed E-state index contributed by atoms with van der Waals surface area (Å²) >= 11 is 0. The van der Waals surface area contributed by atoms with Crippen LogP contribution in [0.2, 0.25) is 0 Å². The Morgan fingerprint density at radius 2 is 1.79 bits per heavy atom. The van der Waals surface area contributed by atoms with Crippen molar-refractivity contribution in [1.82, 2.24) is 9.21 Å². The van der Waals surface area contributed by atoms with E-state index < -0.39 is 10.0 Å². The summed E-state index contributed by atoms with van der Waals surface area (Å²) in [4.78, 5) is 14.9. The maximum absolute atomic E-state index is 12.9. The summed E-state index contributed by atoms with van der Waals surface area (Å²) in [6.07, 6.45) is 9.37. The van der Waals surface area contributed by atoms with Crippen molar-refractivity contribution >= 4 is 15.9 Å². The van der Waals surface area contributed by atoms with Gasteiger partial charge in [-0.1, -0.05) is 25.3 Å². The summed E-state index contributed by atoms with van der Waals surface area (Å²) in [5.74, 6) is 0.893. The monoisotopic (exact) mass is 356 g/mol. The second-order valence-corrected chi connectivity index (χ2v) is 9.37. The molecule has 1 aliphatic carbocycles. The van der Waals surface area contributed by atoms with Crippen LogP contribution in [-0.2, 0) is 14.8 Å². The van der Waals surface area contributed by atoms with Crippen LogP contribution >= 0.6 is 0 Å². The predicted octanol–water partition coefficient (Wildman–Crippen LogP) is 2.64. The van der Waals surface area contributed by atoms with Crippen molar-refractivity contribution in [1.29, 1.82) is 0 Å². The molecule has 1 heterocycles. The lowest BCUT2D eigenvalue weighted by molar-refractivity contribution is -0.137. The van der Waals surface area contributed by atoms with Crippen molar-refractivity contribution in [2.45, 2.75) is 51.9 Å². The highest BCUT2D eigenvalue weighted by atomic mass is 32.2. The minimum atomic E-state index is -3.13. The number of hydrogen-bond acceptors (Lipinski definition) is 3. The molecule has 0 unspecified atom stereocenters. The SMILES string of the molecule is C=CCN(CC1CCCCC1)C(=O)C1CCN(S(=O)(=O)CC)CC1. The van der Waals surface area contributed by atoms with Gasteiger partial charge < -0.3 is 4.90 Å². The van der Waals surface area contributed by atoms with Gasteiger partial charge in [0.25, 0.3) is 0 Å². The van der Waals surface area contributed by atoms with Crippen LogP contribution < -0.4 is 0 Å². The second-order valence-electron chi connectivity index (χ2n) is 7.11. The maximum Gasteiger partial charge on any atom is 0.226 e. The van der Waals surface area contributed by atoms with E-state index >= 15 is 0 Å². The molecule has 2 fully saturated rings. The van der Waals surface area contributed by atoms with E-state index in [9.17, 15) is 13.2 Å². The van der Waals surface area contributed by atoms with E-state index in [2.05, 4.69) is 6.58 Å². The molecular formula is C18H32N2O3S. The third-order valence-corrected chi connectivity index (χ3v) is 7.31. The van der Waals surface area contributed by atoms with Crippen molar-refractivity contribution in [3.05, 3.63) is 12.7 Å². The Kier molecular flexibility index (Phi) is 7.29. The fourth-order valence-electron chi connectivity index (χ4n) is 3.91. The van der Waals surface area contributed by atoms with Crippen LogP contribution in [0.5, 0.6) is 0 Å². The molecule has 0 spiro atoms. The van der Waals surface area contributed by atoms with Gasteiger partial charge in [0.15, 0.2) is 0 Å². The molecule has 2 rings (SSSR count). The summed E-state index contributed by atoms with van der Waals surface area (Å²) in [5, 5.41) is 0. The van der Waals surface area contributed by atoms with E-state index in [0.717, 1.165) is 6.54 Å². The third kappa shape index (κ3) is 5.06. The van der Waals surface area contributed by atoms with E-state index in [0.29, 0.717) is 38.4 Å². The first-order valence-electron chi connectivity index (χ1n) is 9.35. The van der Waals surface area contributed by atoms with Gasteiger partial charge >= 0.3 is 0 Å². The Labute approximate surface area is 147 Å². The fourth-order valence-corrected chi connectivity index (χ4v) is 5.05. The quantitative estimate of drug-likeness (QED) is 0.659. The molecule has 0 atom stereocenters. The molecule has 0 radical (unpaired) electrons. The predicted molar refractivity (Wildman–Crippen MR) is 97.1 cm³/mol. The van der Waals surface area contributed by atoms with Crippen LogP contribution in [0.15, 0.2) is 12.7 Å². The third-order valence-electron chi connectivity index (χ3n) is 5.43. The lowest BCUT2D eigenvalue weighted by Gasteiger charge is -2.35. The van der Waals surface area contributed by atoms with Crippen LogP contribution in [0.4, 0.5) is 0 Å². The van der Waals surface area contributed by atoms with Crippen LogP contribution in [0, 0.1) is 11.8 Å². The lowest BCUT2D eigenvalue weighted by Crippen LogP contribution is -2.46. The van der Waals surface area contributed by atoms with E-state index in [1.807, 2.05) is 4.90 Å². The van der Waals surface area contributed by atoms with Gasteiger partial charge in [-0.3, -0.25) is 4.79 Å². The Morgan fingerprint density at radius 1 is 1.17 bits per heavy atom. The Morgan fingerprint density at radius 3 is 2.33 bits per heavy atom. The number of piperidine rings is 1. The summed E-state index contributed by atoms with van der Waals surface area (Å²) in [5.41, 5.74) is 0. The first-order chi connectivity index (χ1) is 11.5. The first-order valence-corrected chi connectivity index (χ1v) is 11.0. The summed E-state index contributed by atoms with van der Waals surface area (Å²) in [6, 6.07) is 0. The summed E-state index contributed by atoms with van der Waals surface area (Å²) in [7, 11) is -3.13. The topological polar surface area (TPSA) is 57.7 Å². The molecule has 5 nitrogen and oxygen atoms in total. The largest absolute Gasteiger partial charge is 0.338 e. The molecule has 0 aromatic rings. The van der Waals surface area contributed by atoms with Gasteiger partial charge in [-0.2, -0.15) is 0 Å². The number of carbonyl (C=O) groups excluding carboxylic acids is 1. The lowest BCUT2D eigenvalue weighted by atomic mass is 9.88. The maximum atomic E-state index is 12.9. The molecule has 0 bridgehead atoms. The van der Waals surface area contributed by atoms with Gasteiger partial charge in [0, 0.05) is 32.1 Å². The zero-order valence-electron chi connectivity index (χ0n) is 15.0. The van der Waals surface area contributed by atoms with E-state index in [1.54, 1.807) is 13.0 Å². The zero-order chi connectivity index (χ0) is 17.6. The summed E-state index contributed by atoms with van der Waals surface area (Å²) in [6.45, 7) is 7.84. The highest BCUT2D eigenvalue weighted by molar-refractivity contribution is 7.89. The molecule has 2 aliphatic rings. The average molecular weight is 357 g/mol. The number of nitrogens with zero attached hydrogens (tertiary/aromatic N) is 2. The Hall–Kier alpha value is -0.880. The van der Waals surface area contributed by atoms with Crippen molar-refractivity contribution in [2.75, 3.05) is 31.9 Å². The smallest absolute Gasteiger partial charge is 0.226 e. The highest BCUT2D eigenvalue weighted by Gasteiger charge is 2.32. The van der Waals surface area contributed by atoms with Crippen LogP contribution in [-0.4, -0.2) is 55.5 Å². The molecule has 1 saturated heterocycles. The fraction of sp³-hybridized carbons (Fsp3) is 0.833. The number of amides is 1. The zero-order valence-corrected chi connectivity index (χ0v) is 15.8. The minimum absolute atomic E-state index is 0.0446. The minimum Gasteiger partial charge on any atom is -0.338 e. The Bertz CT molecular complexity index is 518. The van der Waals surface area contributed by atoms with E-state index in [-0.39, 0.29) is 17.6 Å². The van der Waals surface area contributed by atoms with E-state index in [4.69, 9.17) is 0 Å². The van der Waals surface area contributed by atoms with Gasteiger partial charge in [0.2, 0.25) is 15.9 Å². The van der Waals surface area contributed by atoms with Crippen LogP contribution in [0.25, 0.3) is 0 Å². The first kappa shape index (κ1) is 19.4. The molecule has 1 saturated carbocycles. The van der Waals surface area contributed by atoms with Crippen LogP contribution in [0.1, 0.15) is 51.9 Å². The molecule has 1 aliphatic heterocycles. The molecule has 0 aromatic heterocycles. The number of sulfonamides is 1. The van der Waals surface area contributed by atoms with Gasteiger partial charge in [-0.25, -0.2) is 12.7 Å². The number of rotatable bonds is 7. The normalized spacial score (nSPS) is 21.5. The van der Waals surface area contributed by atoms with Crippen LogP contribution in [0.3, 0.4) is 0 Å². The van der Waals surface area contributed by atoms with E-state index in [1.165, 1.54) is 36.4 Å². The standard InChI is InChI=1S/C18H32N2O3S/c1-3-12-19(15-16-8-6-5-7-9-16)18(21)17-10-13-20(14-11-17)24(22,23)4-2/h3,16-17H,1,4-15H2,2H3. The number of hydrogen-bond donors (Lipinski definition) is 0. The van der Waals surface area contributed by atoms with Gasteiger partial charge in [-0.15, -0.1) is 6.58 Å². The van der Waals surface area contributed by atoms with Crippen molar-refractivity contribution in [3.8, 4) is 0 Å². The highest BCUT2D eigenvalue weighted by Crippen LogP contribution is 2.27. The molecule has 0 N–H and O–H groups in total. The van der Waals surface area contributed by atoms with Crippen molar-refractivity contribution in [3.63, 3.8) is 0 Å². The van der Waals surface area contributed by atoms with Gasteiger partial charge in [0.1, 0.15) is 0 Å². The van der Waals surface area contributed by atoms with Crippen molar-refractivity contribution < 1.29 is 13.2 Å². The molecule has 138 valence electrons.